The number of rotatable bonds is 9. The molecule has 5 aromatic rings. The molecule has 0 radical (unpaired) electrons. The second-order valence-corrected chi connectivity index (χ2v) is 8.72. The largest absolute Gasteiger partial charge is 0.461 e. The van der Waals surface area contributed by atoms with Gasteiger partial charge in [0.15, 0.2) is 11.6 Å². The van der Waals surface area contributed by atoms with E-state index in [-0.39, 0.29) is 11.9 Å². The topological polar surface area (TPSA) is 71.3 Å². The summed E-state index contributed by atoms with van der Waals surface area (Å²) in [5.74, 6) is 1.90. The molecule has 3 aromatic carbocycles. The molecule has 0 bridgehead atoms. The lowest BCUT2D eigenvalue weighted by atomic mass is 10.1. The second kappa shape index (κ2) is 10.9. The lowest BCUT2D eigenvalue weighted by molar-refractivity contribution is -0.121. The zero-order chi connectivity index (χ0) is 24.7. The van der Waals surface area contributed by atoms with Gasteiger partial charge in [-0.15, -0.1) is 0 Å². The first-order chi connectivity index (χ1) is 17.7. The summed E-state index contributed by atoms with van der Waals surface area (Å²) in [7, 11) is 0. The van der Waals surface area contributed by atoms with Gasteiger partial charge in [-0.05, 0) is 42.3 Å². The zero-order valence-electron chi connectivity index (χ0n) is 20.2. The number of fused-ring (bicyclic) bond motifs is 1. The molecule has 1 amide bonds. The number of carbonyl (C=O) groups is 1. The maximum atomic E-state index is 12.9. The zero-order valence-corrected chi connectivity index (χ0v) is 20.2. The number of hydrogen-bond donors (Lipinski definition) is 1. The highest BCUT2D eigenvalue weighted by atomic mass is 16.3. The average Bonchev–Trinajstić information content (AvgIpc) is 3.47. The quantitative estimate of drug-likeness (QED) is 0.276. The van der Waals surface area contributed by atoms with Crippen LogP contribution in [0.4, 0.5) is 5.82 Å². The van der Waals surface area contributed by atoms with Crippen molar-refractivity contribution >= 4 is 22.6 Å². The van der Waals surface area contributed by atoms with Gasteiger partial charge in [-0.2, -0.15) is 0 Å². The van der Waals surface area contributed by atoms with E-state index in [2.05, 4.69) is 22.3 Å². The van der Waals surface area contributed by atoms with Crippen LogP contribution in [0.1, 0.15) is 30.5 Å². The van der Waals surface area contributed by atoms with Crippen molar-refractivity contribution in [2.45, 2.75) is 25.9 Å². The van der Waals surface area contributed by atoms with E-state index in [9.17, 15) is 4.79 Å². The number of nitrogens with zero attached hydrogens (tertiary/aromatic N) is 3. The number of furan rings is 1. The molecular weight excluding hydrogens is 448 g/mol. The molecule has 6 nitrogen and oxygen atoms in total. The molecule has 1 N–H and O–H groups in total. The number of anilines is 1. The Balaban J connectivity index is 1.44. The summed E-state index contributed by atoms with van der Waals surface area (Å²) >= 11 is 0. The SMILES string of the molecule is CC(NC(=O)CCN(Cc1ccccc1)c1nc(-c2ccco2)nc2ccccc12)c1ccccc1. The molecule has 1 unspecified atom stereocenters. The maximum absolute atomic E-state index is 12.9. The third-order valence-corrected chi connectivity index (χ3v) is 6.13. The van der Waals surface area contributed by atoms with Gasteiger partial charge in [-0.3, -0.25) is 4.79 Å². The number of aromatic nitrogens is 2. The molecule has 2 heterocycles. The van der Waals surface area contributed by atoms with Crippen LogP contribution in [0.15, 0.2) is 108 Å². The predicted molar refractivity (Wildman–Crippen MR) is 142 cm³/mol. The number of hydrogen-bond acceptors (Lipinski definition) is 5. The van der Waals surface area contributed by atoms with Crippen LogP contribution >= 0.6 is 0 Å². The Morgan fingerprint density at radius 3 is 2.36 bits per heavy atom. The molecule has 36 heavy (non-hydrogen) atoms. The highest BCUT2D eigenvalue weighted by Crippen LogP contribution is 2.29. The van der Waals surface area contributed by atoms with E-state index in [1.807, 2.05) is 91.9 Å². The van der Waals surface area contributed by atoms with Gasteiger partial charge in [-0.25, -0.2) is 9.97 Å². The molecule has 0 fully saturated rings. The number of para-hydroxylation sites is 1. The fraction of sp³-hybridized carbons (Fsp3) is 0.167. The molecule has 0 saturated carbocycles. The Morgan fingerprint density at radius 2 is 1.61 bits per heavy atom. The van der Waals surface area contributed by atoms with E-state index in [1.54, 1.807) is 6.26 Å². The first-order valence-corrected chi connectivity index (χ1v) is 12.1. The Labute approximate surface area is 210 Å². The fourth-order valence-electron chi connectivity index (χ4n) is 4.26. The van der Waals surface area contributed by atoms with Gasteiger partial charge in [0.05, 0.1) is 17.8 Å². The number of nitrogens with one attached hydrogen (secondary N) is 1. The van der Waals surface area contributed by atoms with E-state index in [1.165, 1.54) is 0 Å². The van der Waals surface area contributed by atoms with Crippen LogP contribution in [0.2, 0.25) is 0 Å². The summed E-state index contributed by atoms with van der Waals surface area (Å²) in [5, 5.41) is 4.06. The number of carbonyl (C=O) groups excluding carboxylic acids is 1. The Morgan fingerprint density at radius 1 is 0.889 bits per heavy atom. The molecule has 0 saturated heterocycles. The van der Waals surface area contributed by atoms with Crippen molar-refractivity contribution in [3.63, 3.8) is 0 Å². The molecule has 6 heteroatoms. The standard InChI is InChI=1S/C30H28N4O2/c1-22(24-13-6-3-7-14-24)31-28(35)18-19-34(21-23-11-4-2-5-12-23)30-25-15-8-9-16-26(25)32-29(33-30)27-17-10-20-36-27/h2-17,20,22H,18-19,21H2,1H3,(H,31,35). The van der Waals surface area contributed by atoms with Gasteiger partial charge in [0.25, 0.3) is 0 Å². The van der Waals surface area contributed by atoms with Gasteiger partial charge < -0.3 is 14.6 Å². The van der Waals surface area contributed by atoms with Gasteiger partial charge in [0, 0.05) is 24.9 Å². The summed E-state index contributed by atoms with van der Waals surface area (Å²) in [6.45, 7) is 3.12. The summed E-state index contributed by atoms with van der Waals surface area (Å²) in [4.78, 5) is 24.7. The van der Waals surface area contributed by atoms with Crippen LogP contribution in [0, 0.1) is 0 Å². The second-order valence-electron chi connectivity index (χ2n) is 8.72. The maximum Gasteiger partial charge on any atom is 0.222 e. The highest BCUT2D eigenvalue weighted by Gasteiger charge is 2.19. The minimum atomic E-state index is -0.0632. The number of benzene rings is 3. The average molecular weight is 477 g/mol. The Hall–Kier alpha value is -4.45. The lowest BCUT2D eigenvalue weighted by Crippen LogP contribution is -2.32. The summed E-state index contributed by atoms with van der Waals surface area (Å²) < 4.78 is 5.60. The smallest absolute Gasteiger partial charge is 0.222 e. The van der Waals surface area contributed by atoms with Crippen LogP contribution in [-0.2, 0) is 11.3 Å². The molecule has 5 rings (SSSR count). The first-order valence-electron chi connectivity index (χ1n) is 12.1. The predicted octanol–water partition coefficient (Wildman–Crippen LogP) is 6.16. The van der Waals surface area contributed by atoms with E-state index >= 15 is 0 Å². The van der Waals surface area contributed by atoms with Crippen molar-refractivity contribution in [1.82, 2.24) is 15.3 Å². The van der Waals surface area contributed by atoms with E-state index in [0.29, 0.717) is 31.1 Å². The third kappa shape index (κ3) is 5.44. The van der Waals surface area contributed by atoms with Crippen molar-refractivity contribution < 1.29 is 9.21 Å². The van der Waals surface area contributed by atoms with Crippen molar-refractivity contribution in [3.8, 4) is 11.6 Å². The molecule has 0 aliphatic carbocycles. The highest BCUT2D eigenvalue weighted by molar-refractivity contribution is 5.91. The first kappa shape index (κ1) is 23.3. The van der Waals surface area contributed by atoms with E-state index in [4.69, 9.17) is 14.4 Å². The van der Waals surface area contributed by atoms with Crippen molar-refractivity contribution in [1.29, 1.82) is 0 Å². The monoisotopic (exact) mass is 476 g/mol. The van der Waals surface area contributed by atoms with Crippen LogP contribution in [0.3, 0.4) is 0 Å². The van der Waals surface area contributed by atoms with Crippen molar-refractivity contribution in [3.05, 3.63) is 114 Å². The lowest BCUT2D eigenvalue weighted by Gasteiger charge is -2.26. The number of amides is 1. The molecule has 0 aliphatic rings. The van der Waals surface area contributed by atoms with Crippen LogP contribution in [0.25, 0.3) is 22.5 Å². The van der Waals surface area contributed by atoms with E-state index in [0.717, 1.165) is 27.8 Å². The molecule has 1 atom stereocenters. The Kier molecular flexibility index (Phi) is 7.03. The van der Waals surface area contributed by atoms with Crippen molar-refractivity contribution in [2.75, 3.05) is 11.4 Å². The minimum Gasteiger partial charge on any atom is -0.461 e. The fourth-order valence-corrected chi connectivity index (χ4v) is 4.26. The Bertz CT molecular complexity index is 1420. The van der Waals surface area contributed by atoms with Gasteiger partial charge in [0.1, 0.15) is 5.82 Å². The third-order valence-electron chi connectivity index (χ3n) is 6.13. The molecule has 2 aromatic heterocycles. The summed E-state index contributed by atoms with van der Waals surface area (Å²) in [5.41, 5.74) is 3.05. The van der Waals surface area contributed by atoms with Gasteiger partial charge in [0.2, 0.25) is 5.91 Å². The van der Waals surface area contributed by atoms with E-state index < -0.39 is 0 Å². The molecule has 0 aliphatic heterocycles. The molecular formula is C30H28N4O2. The minimum absolute atomic E-state index is 0.00552. The summed E-state index contributed by atoms with van der Waals surface area (Å²) in [6.07, 6.45) is 1.95. The van der Waals surface area contributed by atoms with Crippen LogP contribution < -0.4 is 10.2 Å². The molecule has 0 spiro atoms. The van der Waals surface area contributed by atoms with Crippen LogP contribution in [-0.4, -0.2) is 22.4 Å². The molecule has 180 valence electrons. The van der Waals surface area contributed by atoms with Gasteiger partial charge in [-0.1, -0.05) is 72.8 Å². The van der Waals surface area contributed by atoms with Crippen LogP contribution in [0.5, 0.6) is 0 Å². The normalized spacial score (nSPS) is 11.8. The van der Waals surface area contributed by atoms with Crippen molar-refractivity contribution in [2.24, 2.45) is 0 Å². The van der Waals surface area contributed by atoms with Gasteiger partial charge >= 0.3 is 0 Å². The summed E-state index contributed by atoms with van der Waals surface area (Å²) in [6, 6.07) is 31.8.